The van der Waals surface area contributed by atoms with Gasteiger partial charge in [-0.15, -0.1) is 0 Å². The summed E-state index contributed by atoms with van der Waals surface area (Å²) in [6.07, 6.45) is -2.76. The van der Waals surface area contributed by atoms with Crippen molar-refractivity contribution in [1.29, 1.82) is 0 Å². The zero-order chi connectivity index (χ0) is 16.9. The Morgan fingerprint density at radius 2 is 1.83 bits per heavy atom. The highest BCUT2D eigenvalue weighted by molar-refractivity contribution is 5.85. The van der Waals surface area contributed by atoms with Gasteiger partial charge in [0.1, 0.15) is 0 Å². The van der Waals surface area contributed by atoms with E-state index in [2.05, 4.69) is 15.2 Å². The van der Waals surface area contributed by atoms with Crippen LogP contribution in [0.15, 0.2) is 12.3 Å². The maximum Gasteiger partial charge on any atom is 0.417 e. The van der Waals surface area contributed by atoms with Crippen LogP contribution in [-0.2, 0) is 19.8 Å². The molecule has 0 bridgehead atoms. The minimum Gasteiger partial charge on any atom is -0.272 e. The second-order valence-electron chi connectivity index (χ2n) is 5.44. The third-order valence-electron chi connectivity index (χ3n) is 3.82. The van der Waals surface area contributed by atoms with Gasteiger partial charge in [0.25, 0.3) is 0 Å². The Morgan fingerprint density at radius 3 is 2.39 bits per heavy atom. The molecule has 0 spiro atoms. The Labute approximate surface area is 130 Å². The Morgan fingerprint density at radius 1 is 1.13 bits per heavy atom. The molecule has 0 aliphatic carbocycles. The van der Waals surface area contributed by atoms with Crippen LogP contribution < -0.4 is 0 Å². The van der Waals surface area contributed by atoms with Crippen LogP contribution >= 0.6 is 0 Å². The van der Waals surface area contributed by atoms with Crippen LogP contribution in [0.1, 0.15) is 23.9 Å². The molecule has 0 amide bonds. The predicted octanol–water partition coefficient (Wildman–Crippen LogP) is 3.49. The molecule has 5 nitrogen and oxygen atoms in total. The van der Waals surface area contributed by atoms with Gasteiger partial charge in [-0.25, -0.2) is 4.98 Å². The molecule has 0 aliphatic rings. The van der Waals surface area contributed by atoms with E-state index in [9.17, 15) is 13.2 Å². The fraction of sp³-hybridized carbons (Fsp3) is 0.400. The van der Waals surface area contributed by atoms with E-state index < -0.39 is 11.7 Å². The highest BCUT2D eigenvalue weighted by Gasteiger charge is 2.35. The van der Waals surface area contributed by atoms with Crippen LogP contribution in [0.3, 0.4) is 0 Å². The van der Waals surface area contributed by atoms with E-state index in [1.165, 1.54) is 4.68 Å². The summed E-state index contributed by atoms with van der Waals surface area (Å²) in [5.74, 6) is 0. The van der Waals surface area contributed by atoms with Gasteiger partial charge in [-0.05, 0) is 26.8 Å². The van der Waals surface area contributed by atoms with Crippen LogP contribution in [0.25, 0.3) is 22.3 Å². The fourth-order valence-electron chi connectivity index (χ4n) is 2.74. The average Bonchev–Trinajstić information content (AvgIpc) is 2.98. The Bertz CT molecular complexity index is 889. The minimum atomic E-state index is -4.47. The lowest BCUT2D eigenvalue weighted by Gasteiger charge is -2.10. The van der Waals surface area contributed by atoms with E-state index in [1.807, 2.05) is 6.92 Å². The van der Waals surface area contributed by atoms with Crippen molar-refractivity contribution in [3.8, 4) is 11.3 Å². The highest BCUT2D eigenvalue weighted by Crippen LogP contribution is 2.38. The standard InChI is InChI=1S/C15H16F3N5/c1-5-23-7-10(8(2)21-23)12-6-11(15(16,17)18)13-9(3)20-22(4)14(13)19-12/h6-7H,5H2,1-4H3. The number of pyridine rings is 1. The first-order valence-corrected chi connectivity index (χ1v) is 7.18. The maximum atomic E-state index is 13.5. The van der Waals surface area contributed by atoms with E-state index in [0.717, 1.165) is 6.07 Å². The van der Waals surface area contributed by atoms with Crippen molar-refractivity contribution in [3.63, 3.8) is 0 Å². The summed E-state index contributed by atoms with van der Waals surface area (Å²) >= 11 is 0. The first kappa shape index (κ1) is 15.5. The Kier molecular flexibility index (Phi) is 3.42. The lowest BCUT2D eigenvalue weighted by atomic mass is 10.1. The van der Waals surface area contributed by atoms with Crippen molar-refractivity contribution >= 4 is 11.0 Å². The molecule has 0 N–H and O–H groups in total. The van der Waals surface area contributed by atoms with Gasteiger partial charge in [-0.1, -0.05) is 0 Å². The van der Waals surface area contributed by atoms with Gasteiger partial charge in [0, 0.05) is 25.4 Å². The third kappa shape index (κ3) is 2.47. The van der Waals surface area contributed by atoms with Crippen molar-refractivity contribution in [2.24, 2.45) is 7.05 Å². The van der Waals surface area contributed by atoms with Gasteiger partial charge in [0.2, 0.25) is 0 Å². The van der Waals surface area contributed by atoms with Crippen LogP contribution in [0.5, 0.6) is 0 Å². The van der Waals surface area contributed by atoms with Gasteiger partial charge in [0.15, 0.2) is 5.65 Å². The smallest absolute Gasteiger partial charge is 0.272 e. The predicted molar refractivity (Wildman–Crippen MR) is 79.9 cm³/mol. The molecule has 122 valence electrons. The van der Waals surface area contributed by atoms with Crippen molar-refractivity contribution in [2.75, 3.05) is 0 Å². The molecule has 0 saturated heterocycles. The molecule has 0 atom stereocenters. The summed E-state index contributed by atoms with van der Waals surface area (Å²) < 4.78 is 43.5. The van der Waals surface area contributed by atoms with Crippen molar-refractivity contribution in [1.82, 2.24) is 24.5 Å². The van der Waals surface area contributed by atoms with Crippen molar-refractivity contribution < 1.29 is 13.2 Å². The largest absolute Gasteiger partial charge is 0.417 e. The summed E-state index contributed by atoms with van der Waals surface area (Å²) in [6, 6.07) is 1.08. The Hall–Kier alpha value is -2.38. The summed E-state index contributed by atoms with van der Waals surface area (Å²) in [6.45, 7) is 5.87. The summed E-state index contributed by atoms with van der Waals surface area (Å²) in [4.78, 5) is 4.40. The molecule has 0 fully saturated rings. The van der Waals surface area contributed by atoms with Crippen LogP contribution in [-0.4, -0.2) is 24.5 Å². The SMILES string of the molecule is CCn1cc(-c2cc(C(F)(F)F)c3c(C)nn(C)c3n2)c(C)n1. The summed E-state index contributed by atoms with van der Waals surface area (Å²) in [5, 5.41) is 8.40. The second kappa shape index (κ2) is 5.07. The van der Waals surface area contributed by atoms with Crippen LogP contribution in [0.4, 0.5) is 13.2 Å². The molecule has 0 unspecified atom stereocenters. The zero-order valence-electron chi connectivity index (χ0n) is 13.2. The third-order valence-corrected chi connectivity index (χ3v) is 3.82. The zero-order valence-corrected chi connectivity index (χ0v) is 13.2. The van der Waals surface area contributed by atoms with Crippen molar-refractivity contribution in [2.45, 2.75) is 33.5 Å². The van der Waals surface area contributed by atoms with E-state index >= 15 is 0 Å². The number of rotatable bonds is 2. The Balaban J connectivity index is 2.35. The molecule has 23 heavy (non-hydrogen) atoms. The van der Waals surface area contributed by atoms with Crippen molar-refractivity contribution in [3.05, 3.63) is 29.2 Å². The maximum absolute atomic E-state index is 13.5. The van der Waals surface area contributed by atoms with Gasteiger partial charge >= 0.3 is 6.18 Å². The first-order valence-electron chi connectivity index (χ1n) is 7.18. The number of aromatic nitrogens is 5. The van der Waals surface area contributed by atoms with E-state index in [4.69, 9.17) is 0 Å². The molecule has 0 aromatic carbocycles. The molecule has 3 rings (SSSR count). The van der Waals surface area contributed by atoms with Gasteiger partial charge in [0.05, 0.1) is 28.0 Å². The number of hydrogen-bond donors (Lipinski definition) is 0. The molecule has 0 saturated carbocycles. The monoisotopic (exact) mass is 323 g/mol. The molecule has 0 aliphatic heterocycles. The summed E-state index contributed by atoms with van der Waals surface area (Å²) in [7, 11) is 1.59. The van der Waals surface area contributed by atoms with Gasteiger partial charge in [-0.2, -0.15) is 23.4 Å². The number of alkyl halides is 3. The van der Waals surface area contributed by atoms with Gasteiger partial charge < -0.3 is 0 Å². The quantitative estimate of drug-likeness (QED) is 0.725. The second-order valence-corrected chi connectivity index (χ2v) is 5.44. The minimum absolute atomic E-state index is 0.0456. The number of aryl methyl sites for hydroxylation is 4. The molecule has 3 heterocycles. The molecule has 3 aromatic rings. The molecule has 0 radical (unpaired) electrons. The topological polar surface area (TPSA) is 48.5 Å². The fourth-order valence-corrected chi connectivity index (χ4v) is 2.74. The van der Waals surface area contributed by atoms with E-state index in [-0.39, 0.29) is 16.7 Å². The van der Waals surface area contributed by atoms with Crippen LogP contribution in [0, 0.1) is 13.8 Å². The van der Waals surface area contributed by atoms with Crippen LogP contribution in [0.2, 0.25) is 0 Å². The first-order chi connectivity index (χ1) is 10.7. The molecular weight excluding hydrogens is 307 g/mol. The lowest BCUT2D eigenvalue weighted by molar-refractivity contribution is -0.136. The van der Waals surface area contributed by atoms with Gasteiger partial charge in [-0.3, -0.25) is 9.36 Å². The number of fused-ring (bicyclic) bond motifs is 1. The summed E-state index contributed by atoms with van der Waals surface area (Å²) in [5.41, 5.74) is 1.31. The molecule has 8 heteroatoms. The normalized spacial score (nSPS) is 12.3. The number of nitrogens with zero attached hydrogens (tertiary/aromatic N) is 5. The molecule has 3 aromatic heterocycles. The molecular formula is C15H16F3N5. The average molecular weight is 323 g/mol. The highest BCUT2D eigenvalue weighted by atomic mass is 19.4. The van der Waals surface area contributed by atoms with E-state index in [1.54, 1.807) is 31.8 Å². The number of hydrogen-bond acceptors (Lipinski definition) is 3. The lowest BCUT2D eigenvalue weighted by Crippen LogP contribution is -2.07. The number of halogens is 3. The van der Waals surface area contributed by atoms with E-state index in [0.29, 0.717) is 23.5 Å².